The van der Waals surface area contributed by atoms with Gasteiger partial charge in [-0.05, 0) is 11.6 Å². The highest BCUT2D eigenvalue weighted by molar-refractivity contribution is 7.15. The zero-order valence-electron chi connectivity index (χ0n) is 13.6. The van der Waals surface area contributed by atoms with Crippen molar-refractivity contribution in [2.24, 2.45) is 0 Å². The fraction of sp³-hybridized carbons (Fsp3) is 0.0526. The molecule has 2 aromatic heterocycles. The van der Waals surface area contributed by atoms with Gasteiger partial charge in [-0.2, -0.15) is 0 Å². The molecular formula is C19H14N4O2S. The summed E-state index contributed by atoms with van der Waals surface area (Å²) < 4.78 is 0. The number of Topliss-reactive ketones (excluding diaryl/α,β-unsaturated/α-hetero) is 1. The summed E-state index contributed by atoms with van der Waals surface area (Å²) in [5.74, 6) is -1.33. The number of anilines is 1. The van der Waals surface area contributed by atoms with E-state index in [4.69, 9.17) is 0 Å². The second-order valence-electron chi connectivity index (χ2n) is 5.69. The topological polar surface area (TPSA) is 87.7 Å². The molecule has 0 aliphatic rings. The number of fused-ring (bicyclic) bond motifs is 1. The predicted molar refractivity (Wildman–Crippen MR) is 100 cm³/mol. The fourth-order valence-electron chi connectivity index (χ4n) is 2.68. The average Bonchev–Trinajstić information content (AvgIpc) is 3.29. The molecule has 0 fully saturated rings. The van der Waals surface area contributed by atoms with Gasteiger partial charge in [0, 0.05) is 23.5 Å². The standard InChI is InChI=1S/C19H14N4O2S/c24-17(14-11-20-15-9-5-4-8-13(14)15)18(25)21-19-23-22-16(26-19)10-12-6-2-1-3-7-12/h1-9,11,20H,10H2,(H,21,23,25). The van der Waals surface area contributed by atoms with Crippen LogP contribution in [0.15, 0.2) is 60.8 Å². The van der Waals surface area contributed by atoms with Gasteiger partial charge in [0.05, 0.1) is 5.56 Å². The Morgan fingerprint density at radius 1 is 1.00 bits per heavy atom. The second kappa shape index (κ2) is 6.89. The highest BCUT2D eigenvalue weighted by Gasteiger charge is 2.21. The van der Waals surface area contributed by atoms with E-state index in [9.17, 15) is 9.59 Å². The van der Waals surface area contributed by atoms with Gasteiger partial charge in [0.1, 0.15) is 5.01 Å². The van der Waals surface area contributed by atoms with Crippen molar-refractivity contribution in [2.45, 2.75) is 6.42 Å². The first-order valence-electron chi connectivity index (χ1n) is 7.99. The molecule has 0 spiro atoms. The number of hydrogen-bond acceptors (Lipinski definition) is 5. The van der Waals surface area contributed by atoms with Crippen molar-refractivity contribution >= 4 is 39.1 Å². The van der Waals surface area contributed by atoms with Crippen LogP contribution in [0.5, 0.6) is 0 Å². The normalized spacial score (nSPS) is 10.8. The monoisotopic (exact) mass is 362 g/mol. The molecule has 26 heavy (non-hydrogen) atoms. The number of nitrogens with zero attached hydrogens (tertiary/aromatic N) is 2. The van der Waals surface area contributed by atoms with E-state index in [1.165, 1.54) is 11.3 Å². The molecule has 128 valence electrons. The summed E-state index contributed by atoms with van der Waals surface area (Å²) in [6, 6.07) is 17.2. The van der Waals surface area contributed by atoms with Gasteiger partial charge in [-0.25, -0.2) is 0 Å². The first-order valence-corrected chi connectivity index (χ1v) is 8.80. The maximum absolute atomic E-state index is 12.4. The van der Waals surface area contributed by atoms with Crippen molar-refractivity contribution < 1.29 is 9.59 Å². The molecule has 6 nitrogen and oxygen atoms in total. The molecular weight excluding hydrogens is 348 g/mol. The van der Waals surface area contributed by atoms with Crippen LogP contribution in [0.3, 0.4) is 0 Å². The minimum absolute atomic E-state index is 0.314. The van der Waals surface area contributed by atoms with E-state index in [2.05, 4.69) is 20.5 Å². The van der Waals surface area contributed by atoms with Crippen molar-refractivity contribution in [3.63, 3.8) is 0 Å². The molecule has 2 N–H and O–H groups in total. The number of aromatic nitrogens is 3. The first-order chi connectivity index (χ1) is 12.7. The molecule has 0 saturated carbocycles. The Labute approximate surface area is 152 Å². The number of H-pyrrole nitrogens is 1. The van der Waals surface area contributed by atoms with Crippen LogP contribution in [0.4, 0.5) is 5.13 Å². The predicted octanol–water partition coefficient (Wildman–Crippen LogP) is 3.43. The molecule has 1 amide bonds. The van der Waals surface area contributed by atoms with E-state index in [0.29, 0.717) is 17.1 Å². The number of carbonyl (C=O) groups excluding carboxylic acids is 2. The zero-order chi connectivity index (χ0) is 17.9. The molecule has 4 aromatic rings. The van der Waals surface area contributed by atoms with Gasteiger partial charge in [-0.3, -0.25) is 14.9 Å². The van der Waals surface area contributed by atoms with E-state index in [0.717, 1.165) is 21.5 Å². The van der Waals surface area contributed by atoms with Gasteiger partial charge in [-0.15, -0.1) is 10.2 Å². The molecule has 0 unspecified atom stereocenters. The molecule has 0 bridgehead atoms. The Morgan fingerprint density at radius 2 is 1.77 bits per heavy atom. The van der Waals surface area contributed by atoms with Crippen LogP contribution < -0.4 is 5.32 Å². The molecule has 0 atom stereocenters. The van der Waals surface area contributed by atoms with E-state index in [-0.39, 0.29) is 0 Å². The number of rotatable bonds is 5. The van der Waals surface area contributed by atoms with Gasteiger partial charge in [0.25, 0.3) is 11.7 Å². The fourth-order valence-corrected chi connectivity index (χ4v) is 3.45. The molecule has 0 radical (unpaired) electrons. The lowest BCUT2D eigenvalue weighted by molar-refractivity contribution is -0.112. The Balaban J connectivity index is 1.47. The minimum atomic E-state index is -0.725. The highest BCUT2D eigenvalue weighted by atomic mass is 32.1. The lowest BCUT2D eigenvalue weighted by Crippen LogP contribution is -2.22. The number of amides is 1. The summed E-state index contributed by atoms with van der Waals surface area (Å²) >= 11 is 1.26. The van der Waals surface area contributed by atoms with Gasteiger partial charge in [-0.1, -0.05) is 59.9 Å². The third-order valence-electron chi connectivity index (χ3n) is 3.93. The highest BCUT2D eigenvalue weighted by Crippen LogP contribution is 2.21. The van der Waals surface area contributed by atoms with Crippen molar-refractivity contribution in [3.05, 3.63) is 76.9 Å². The largest absolute Gasteiger partial charge is 0.360 e. The van der Waals surface area contributed by atoms with E-state index < -0.39 is 11.7 Å². The number of nitrogens with one attached hydrogen (secondary N) is 2. The van der Waals surface area contributed by atoms with Gasteiger partial charge in [0.15, 0.2) is 0 Å². The quantitative estimate of drug-likeness (QED) is 0.420. The number of hydrogen-bond donors (Lipinski definition) is 2. The molecule has 7 heteroatoms. The summed E-state index contributed by atoms with van der Waals surface area (Å²) in [7, 11) is 0. The number of aromatic amines is 1. The van der Waals surface area contributed by atoms with Crippen LogP contribution in [-0.2, 0) is 11.2 Å². The van der Waals surface area contributed by atoms with Crippen LogP contribution in [0.25, 0.3) is 10.9 Å². The number of benzene rings is 2. The number of carbonyl (C=O) groups is 2. The number of para-hydroxylation sites is 1. The summed E-state index contributed by atoms with van der Waals surface area (Å²) in [4.78, 5) is 27.7. The SMILES string of the molecule is O=C(Nc1nnc(Cc2ccccc2)s1)C(=O)c1c[nH]c2ccccc12. The average molecular weight is 362 g/mol. The maximum Gasteiger partial charge on any atom is 0.298 e. The summed E-state index contributed by atoms with van der Waals surface area (Å²) in [6.45, 7) is 0. The second-order valence-corrected chi connectivity index (χ2v) is 6.76. The summed E-state index contributed by atoms with van der Waals surface area (Å²) in [5, 5.41) is 12.4. The van der Waals surface area contributed by atoms with Crippen molar-refractivity contribution in [1.82, 2.24) is 15.2 Å². The molecule has 0 aliphatic carbocycles. The third kappa shape index (κ3) is 3.25. The van der Waals surface area contributed by atoms with E-state index in [1.54, 1.807) is 12.3 Å². The van der Waals surface area contributed by atoms with Gasteiger partial charge >= 0.3 is 0 Å². The summed E-state index contributed by atoms with van der Waals surface area (Å²) in [6.07, 6.45) is 2.18. The lowest BCUT2D eigenvalue weighted by Gasteiger charge is -1.99. The molecule has 2 aromatic carbocycles. The summed E-state index contributed by atoms with van der Waals surface area (Å²) in [5.41, 5.74) is 2.26. The van der Waals surface area contributed by atoms with Crippen LogP contribution in [0.1, 0.15) is 20.9 Å². The Bertz CT molecular complexity index is 1090. The zero-order valence-corrected chi connectivity index (χ0v) is 14.4. The molecule has 2 heterocycles. The van der Waals surface area contributed by atoms with Crippen molar-refractivity contribution in [2.75, 3.05) is 5.32 Å². The third-order valence-corrected chi connectivity index (χ3v) is 4.76. The van der Waals surface area contributed by atoms with Crippen LogP contribution >= 0.6 is 11.3 Å². The van der Waals surface area contributed by atoms with Crippen LogP contribution in [-0.4, -0.2) is 26.9 Å². The van der Waals surface area contributed by atoms with E-state index in [1.807, 2.05) is 48.5 Å². The lowest BCUT2D eigenvalue weighted by atomic mass is 10.1. The van der Waals surface area contributed by atoms with Crippen LogP contribution in [0, 0.1) is 0 Å². The van der Waals surface area contributed by atoms with Crippen molar-refractivity contribution in [1.29, 1.82) is 0 Å². The molecule has 4 rings (SSSR count). The Kier molecular flexibility index (Phi) is 4.28. The first kappa shape index (κ1) is 16.2. The van der Waals surface area contributed by atoms with Gasteiger partial charge in [0.2, 0.25) is 5.13 Å². The van der Waals surface area contributed by atoms with E-state index >= 15 is 0 Å². The number of ketones is 1. The smallest absolute Gasteiger partial charge is 0.298 e. The van der Waals surface area contributed by atoms with Gasteiger partial charge < -0.3 is 4.98 Å². The Hall–Kier alpha value is -3.32. The Morgan fingerprint density at radius 3 is 2.62 bits per heavy atom. The molecule has 0 aliphatic heterocycles. The molecule has 0 saturated heterocycles. The maximum atomic E-state index is 12.4. The minimum Gasteiger partial charge on any atom is -0.360 e. The van der Waals surface area contributed by atoms with Crippen molar-refractivity contribution in [3.8, 4) is 0 Å². The van der Waals surface area contributed by atoms with Crippen LogP contribution in [0.2, 0.25) is 0 Å².